The van der Waals surface area contributed by atoms with Gasteiger partial charge in [-0.15, -0.1) is 0 Å². The van der Waals surface area contributed by atoms with Crippen molar-refractivity contribution in [3.63, 3.8) is 0 Å². The van der Waals surface area contributed by atoms with Crippen molar-refractivity contribution in [3.05, 3.63) is 117 Å². The SMILES string of the molecule is CC(=O)c1cn(CC(=O)N(CC(=O)NCc2cc(-c3cccc4c3c(C(N)=O)nn4CC(=O)N(CC(=O)NCc3cccc(Cl)c3F)C3CC(CO)C3)cc(Cl)c2F)C2CC2)c2ccc(NC(=O)N3CCCC(F)(F)C3)cc12. The number of alkyl halides is 2. The summed E-state index contributed by atoms with van der Waals surface area (Å²) in [7, 11) is 0. The first kappa shape index (κ1) is 55.2. The number of piperidine rings is 1. The number of carbonyl (C=O) groups is 7. The normalized spacial score (nSPS) is 16.8. The number of nitrogens with two attached hydrogens (primary N) is 1. The van der Waals surface area contributed by atoms with Gasteiger partial charge in [0.05, 0.1) is 35.2 Å². The molecule has 3 fully saturated rings. The van der Waals surface area contributed by atoms with Gasteiger partial charge in [0.2, 0.25) is 23.6 Å². The number of ketones is 1. The van der Waals surface area contributed by atoms with Crippen LogP contribution in [0.25, 0.3) is 32.9 Å². The number of primary amides is 1. The van der Waals surface area contributed by atoms with Crippen LogP contribution in [0.3, 0.4) is 0 Å². The van der Waals surface area contributed by atoms with Crippen molar-refractivity contribution in [3.8, 4) is 11.1 Å². The highest BCUT2D eigenvalue weighted by Crippen LogP contribution is 2.37. The van der Waals surface area contributed by atoms with Crippen molar-refractivity contribution >= 4 is 92.0 Å². The molecular weight excluding hydrogens is 1060 g/mol. The molecule has 0 spiro atoms. The third-order valence-electron chi connectivity index (χ3n) is 14.4. The van der Waals surface area contributed by atoms with Crippen LogP contribution in [0.5, 0.6) is 0 Å². The number of amides is 7. The fraction of sp³-hybridized carbons (Fsp3) is 0.370. The van der Waals surface area contributed by atoms with E-state index in [1.54, 1.807) is 28.8 Å². The molecule has 4 aromatic carbocycles. The number of halogens is 6. The summed E-state index contributed by atoms with van der Waals surface area (Å²) >= 11 is 12.4. The van der Waals surface area contributed by atoms with Crippen molar-refractivity contribution in [2.24, 2.45) is 11.7 Å². The zero-order valence-electron chi connectivity index (χ0n) is 42.1. The Kier molecular flexibility index (Phi) is 16.1. The molecule has 2 saturated carbocycles. The molecule has 0 radical (unpaired) electrons. The van der Waals surface area contributed by atoms with Gasteiger partial charge in [0.1, 0.15) is 24.7 Å². The largest absolute Gasteiger partial charge is 0.396 e. The number of likely N-dealkylation sites (tertiary alicyclic amines) is 1. The highest BCUT2D eigenvalue weighted by atomic mass is 35.5. The molecule has 1 saturated heterocycles. The molecule has 6 aromatic rings. The van der Waals surface area contributed by atoms with Crippen LogP contribution in [-0.2, 0) is 45.4 Å². The van der Waals surface area contributed by atoms with E-state index in [0.717, 1.165) is 4.90 Å². The van der Waals surface area contributed by atoms with E-state index in [-0.39, 0.29) is 112 Å². The van der Waals surface area contributed by atoms with Gasteiger partial charge < -0.3 is 46.1 Å². The van der Waals surface area contributed by atoms with Gasteiger partial charge in [-0.1, -0.05) is 47.5 Å². The number of rotatable bonds is 19. The number of aliphatic hydroxyl groups is 1. The number of urea groups is 1. The molecule has 410 valence electrons. The molecule has 78 heavy (non-hydrogen) atoms. The summed E-state index contributed by atoms with van der Waals surface area (Å²) in [6.07, 6.45) is 3.43. The molecule has 1 aliphatic heterocycles. The van der Waals surface area contributed by atoms with E-state index in [4.69, 9.17) is 28.9 Å². The summed E-state index contributed by atoms with van der Waals surface area (Å²) in [4.78, 5) is 97.5. The molecular formula is C54H54Cl2F4N10O8. The lowest BCUT2D eigenvalue weighted by Crippen LogP contribution is -2.53. The molecule has 24 heteroatoms. The van der Waals surface area contributed by atoms with Gasteiger partial charge in [-0.2, -0.15) is 5.10 Å². The first-order valence-corrected chi connectivity index (χ1v) is 25.9. The lowest BCUT2D eigenvalue weighted by atomic mass is 9.80. The zero-order valence-corrected chi connectivity index (χ0v) is 43.6. The molecule has 2 aromatic heterocycles. The molecule has 7 amide bonds. The number of fused-ring (bicyclic) bond motifs is 2. The van der Waals surface area contributed by atoms with Gasteiger partial charge in [0.15, 0.2) is 11.5 Å². The van der Waals surface area contributed by atoms with Crippen molar-refractivity contribution in [1.82, 2.24) is 39.7 Å². The second-order valence-electron chi connectivity index (χ2n) is 20.0. The number of aliphatic hydroxyl groups excluding tert-OH is 1. The average molecular weight is 1120 g/mol. The van der Waals surface area contributed by atoms with Crippen molar-refractivity contribution in [2.45, 2.75) is 89.6 Å². The fourth-order valence-electron chi connectivity index (χ4n) is 10.1. The highest BCUT2D eigenvalue weighted by molar-refractivity contribution is 6.31. The molecule has 9 rings (SSSR count). The van der Waals surface area contributed by atoms with Gasteiger partial charge in [-0.3, -0.25) is 33.4 Å². The van der Waals surface area contributed by atoms with Crippen LogP contribution in [0.15, 0.2) is 72.9 Å². The maximum absolute atomic E-state index is 15.8. The van der Waals surface area contributed by atoms with Gasteiger partial charge in [0, 0.05) is 89.6 Å². The molecule has 6 N–H and O–H groups in total. The second-order valence-corrected chi connectivity index (χ2v) is 20.8. The Labute approximate surface area is 453 Å². The number of benzene rings is 4. The summed E-state index contributed by atoms with van der Waals surface area (Å²) in [5, 5.41) is 22.3. The number of carbonyl (C=O) groups excluding carboxylic acids is 7. The van der Waals surface area contributed by atoms with Crippen LogP contribution in [0.2, 0.25) is 10.0 Å². The van der Waals surface area contributed by atoms with Gasteiger partial charge in [0.25, 0.3) is 11.8 Å². The molecule has 0 unspecified atom stereocenters. The summed E-state index contributed by atoms with van der Waals surface area (Å²) in [5.74, 6) is -8.11. The lowest BCUT2D eigenvalue weighted by Gasteiger charge is -2.42. The van der Waals surface area contributed by atoms with Gasteiger partial charge in [-0.05, 0) is 98.5 Å². The number of aromatic nitrogens is 3. The van der Waals surface area contributed by atoms with Crippen LogP contribution in [0.1, 0.15) is 77.4 Å². The fourth-order valence-corrected chi connectivity index (χ4v) is 10.5. The first-order chi connectivity index (χ1) is 37.2. The van der Waals surface area contributed by atoms with Crippen LogP contribution in [0.4, 0.5) is 28.0 Å². The average Bonchev–Trinajstić information content (AvgIpc) is 4.18. The van der Waals surface area contributed by atoms with Crippen LogP contribution in [-0.4, -0.2) is 126 Å². The van der Waals surface area contributed by atoms with E-state index < -0.39 is 85.3 Å². The maximum atomic E-state index is 15.8. The number of Topliss-reactive ketones (excluding diaryl/α,β-unsaturated/α-hetero) is 1. The minimum atomic E-state index is -3.00. The van der Waals surface area contributed by atoms with Crippen LogP contribution in [0, 0.1) is 17.6 Å². The van der Waals surface area contributed by atoms with E-state index in [9.17, 15) is 51.8 Å². The Morgan fingerprint density at radius 1 is 0.821 bits per heavy atom. The molecule has 3 heterocycles. The number of nitrogens with one attached hydrogen (secondary N) is 3. The minimum Gasteiger partial charge on any atom is -0.396 e. The summed E-state index contributed by atoms with van der Waals surface area (Å²) in [6.45, 7) is -1.42. The predicted octanol–water partition coefficient (Wildman–Crippen LogP) is 7.03. The topological polar surface area (TPSA) is 234 Å². The minimum absolute atomic E-state index is 0.0518. The molecule has 2 aliphatic carbocycles. The predicted molar refractivity (Wildman–Crippen MR) is 281 cm³/mol. The Bertz CT molecular complexity index is 3400. The monoisotopic (exact) mass is 1120 g/mol. The van der Waals surface area contributed by atoms with Crippen LogP contribution >= 0.6 is 23.2 Å². The van der Waals surface area contributed by atoms with Crippen molar-refractivity contribution < 1.29 is 56.2 Å². The quantitative estimate of drug-likeness (QED) is 0.0413. The molecule has 0 atom stereocenters. The number of hydrogen-bond donors (Lipinski definition) is 5. The van der Waals surface area contributed by atoms with Gasteiger partial charge >= 0.3 is 6.03 Å². The molecule has 3 aliphatic rings. The Hall–Kier alpha value is -7.56. The third-order valence-corrected chi connectivity index (χ3v) is 14.9. The lowest BCUT2D eigenvalue weighted by molar-refractivity contribution is -0.142. The first-order valence-electron chi connectivity index (χ1n) is 25.2. The standard InChI is InChI=1S/C54H54Cl2F4N10O8/c1-29(72)39-22-67(42-12-9-34(19-38(39)42)64-53(78)66-14-4-13-54(59,60)28-66)25-46(75)68(35-10-11-35)23-44(73)63-21-33-17-32(18-41(56)50(33)58)37-6-3-8-43-48(37)51(52(61)77)65-70(43)26-47(76)69(36-15-30(16-36)27-71)24-45(74)62-20-31-5-2-7-40(55)49(31)57/h2-3,5-9,12,17-19,22,30,35-36,71H,4,10-11,13-16,20-21,23-28H2,1H3,(H2,61,77)(H,62,74)(H,63,73)(H,64,78). The smallest absolute Gasteiger partial charge is 0.322 e. The second kappa shape index (κ2) is 22.8. The summed E-state index contributed by atoms with van der Waals surface area (Å²) in [6, 6.07) is 15.2. The van der Waals surface area contributed by atoms with E-state index in [1.807, 2.05) is 0 Å². The maximum Gasteiger partial charge on any atom is 0.322 e. The molecule has 0 bridgehead atoms. The van der Waals surface area contributed by atoms with Crippen molar-refractivity contribution in [2.75, 3.05) is 38.1 Å². The van der Waals surface area contributed by atoms with Gasteiger partial charge in [-0.25, -0.2) is 22.4 Å². The van der Waals surface area contributed by atoms with E-state index in [0.29, 0.717) is 47.7 Å². The third kappa shape index (κ3) is 12.1. The Morgan fingerprint density at radius 2 is 1.49 bits per heavy atom. The zero-order chi connectivity index (χ0) is 55.7. The molecule has 18 nitrogen and oxygen atoms in total. The Balaban J connectivity index is 0.886. The Morgan fingerprint density at radius 3 is 2.15 bits per heavy atom. The number of hydrogen-bond acceptors (Lipinski definition) is 9. The summed E-state index contributed by atoms with van der Waals surface area (Å²) < 4.78 is 61.3. The van der Waals surface area contributed by atoms with Crippen molar-refractivity contribution in [1.29, 1.82) is 0 Å². The summed E-state index contributed by atoms with van der Waals surface area (Å²) in [5.41, 5.74) is 7.60. The van der Waals surface area contributed by atoms with Crippen LogP contribution < -0.4 is 21.7 Å². The van der Waals surface area contributed by atoms with E-state index >= 15 is 4.39 Å². The van der Waals surface area contributed by atoms with E-state index in [2.05, 4.69) is 21.0 Å². The highest BCUT2D eigenvalue weighted by Gasteiger charge is 2.39. The number of nitrogens with zero attached hydrogens (tertiary/aromatic N) is 6. The van der Waals surface area contributed by atoms with E-state index in [1.165, 1.54) is 70.1 Å². The number of anilines is 1.